The van der Waals surface area contributed by atoms with Crippen LogP contribution < -0.4 is 0 Å². The highest BCUT2D eigenvalue weighted by Crippen LogP contribution is 2.24. The van der Waals surface area contributed by atoms with Gasteiger partial charge in [0, 0.05) is 31.0 Å². The van der Waals surface area contributed by atoms with Crippen LogP contribution in [0, 0.1) is 0 Å². The van der Waals surface area contributed by atoms with E-state index in [1.807, 2.05) is 48.8 Å². The maximum Gasteiger partial charge on any atom is 0.273 e. The van der Waals surface area contributed by atoms with Crippen LogP contribution in [0.15, 0.2) is 60.0 Å². The van der Waals surface area contributed by atoms with E-state index in [0.717, 1.165) is 17.0 Å². The van der Waals surface area contributed by atoms with Gasteiger partial charge in [0.05, 0.1) is 12.7 Å². The van der Waals surface area contributed by atoms with Crippen LogP contribution in [-0.2, 0) is 17.8 Å². The predicted molar refractivity (Wildman–Crippen MR) is 103 cm³/mol. The largest absolute Gasteiger partial charge is 0.371 e. The van der Waals surface area contributed by atoms with Crippen molar-refractivity contribution in [3.63, 3.8) is 0 Å². The zero-order chi connectivity index (χ0) is 17.9. The fraction of sp³-hybridized carbons (Fsp3) is 0.238. The SMILES string of the molecule is CN(CC1Cc2ccccc2CO1)C(=O)c1csc(-c2ccccc2)n1. The Morgan fingerprint density at radius 2 is 1.88 bits per heavy atom. The van der Waals surface area contributed by atoms with Crippen molar-refractivity contribution in [3.05, 3.63) is 76.8 Å². The molecule has 0 aliphatic carbocycles. The van der Waals surface area contributed by atoms with E-state index in [2.05, 4.69) is 23.2 Å². The lowest BCUT2D eigenvalue weighted by atomic mass is 9.99. The van der Waals surface area contributed by atoms with Crippen LogP contribution in [-0.4, -0.2) is 35.5 Å². The molecule has 1 aromatic heterocycles. The minimum absolute atomic E-state index is 0.0195. The second kappa shape index (κ2) is 7.40. The minimum Gasteiger partial charge on any atom is -0.371 e. The molecule has 4 rings (SSSR count). The molecule has 1 unspecified atom stereocenters. The zero-order valence-electron chi connectivity index (χ0n) is 14.6. The molecule has 0 N–H and O–H groups in total. The summed E-state index contributed by atoms with van der Waals surface area (Å²) in [7, 11) is 1.81. The van der Waals surface area contributed by atoms with Crippen LogP contribution >= 0.6 is 11.3 Å². The maximum absolute atomic E-state index is 12.7. The molecule has 0 radical (unpaired) electrons. The number of carbonyl (C=O) groups excluding carboxylic acids is 1. The topological polar surface area (TPSA) is 42.4 Å². The fourth-order valence-electron chi connectivity index (χ4n) is 3.20. The number of fused-ring (bicyclic) bond motifs is 1. The molecule has 26 heavy (non-hydrogen) atoms. The molecular weight excluding hydrogens is 344 g/mol. The lowest BCUT2D eigenvalue weighted by Gasteiger charge is -2.28. The Hall–Kier alpha value is -2.50. The zero-order valence-corrected chi connectivity index (χ0v) is 15.4. The summed E-state index contributed by atoms with van der Waals surface area (Å²) in [6.45, 7) is 1.17. The number of hydrogen-bond acceptors (Lipinski definition) is 4. The molecular formula is C21H20N2O2S. The highest BCUT2D eigenvalue weighted by atomic mass is 32.1. The van der Waals surface area contributed by atoms with E-state index < -0.39 is 0 Å². The molecule has 1 aliphatic heterocycles. The van der Waals surface area contributed by atoms with Crippen LogP contribution in [0.2, 0.25) is 0 Å². The average molecular weight is 364 g/mol. The third-order valence-corrected chi connectivity index (χ3v) is 5.50. The Bertz CT molecular complexity index is 907. The molecule has 1 amide bonds. The summed E-state index contributed by atoms with van der Waals surface area (Å²) in [5.74, 6) is -0.0640. The fourth-order valence-corrected chi connectivity index (χ4v) is 4.00. The van der Waals surface area contributed by atoms with Gasteiger partial charge in [0.1, 0.15) is 10.7 Å². The van der Waals surface area contributed by atoms with Crippen molar-refractivity contribution in [1.29, 1.82) is 0 Å². The summed E-state index contributed by atoms with van der Waals surface area (Å²) in [6.07, 6.45) is 0.853. The Balaban J connectivity index is 1.42. The van der Waals surface area contributed by atoms with Gasteiger partial charge in [-0.1, -0.05) is 54.6 Å². The van der Waals surface area contributed by atoms with E-state index in [1.165, 1.54) is 22.5 Å². The lowest BCUT2D eigenvalue weighted by molar-refractivity contribution is 0.00974. The van der Waals surface area contributed by atoms with Crippen LogP contribution in [0.4, 0.5) is 0 Å². The van der Waals surface area contributed by atoms with Gasteiger partial charge >= 0.3 is 0 Å². The quantitative estimate of drug-likeness (QED) is 0.702. The third kappa shape index (κ3) is 3.54. The van der Waals surface area contributed by atoms with Crippen molar-refractivity contribution in [2.45, 2.75) is 19.1 Å². The van der Waals surface area contributed by atoms with Crippen molar-refractivity contribution in [2.24, 2.45) is 0 Å². The molecule has 0 saturated carbocycles. The number of amides is 1. The highest BCUT2D eigenvalue weighted by molar-refractivity contribution is 7.13. The highest BCUT2D eigenvalue weighted by Gasteiger charge is 2.23. The number of likely N-dealkylation sites (N-methyl/N-ethyl adjacent to an activating group) is 1. The third-order valence-electron chi connectivity index (χ3n) is 4.61. The molecule has 0 spiro atoms. The van der Waals surface area contributed by atoms with E-state index in [-0.39, 0.29) is 12.0 Å². The second-order valence-electron chi connectivity index (χ2n) is 6.50. The maximum atomic E-state index is 12.7. The number of rotatable bonds is 4. The average Bonchev–Trinajstić information content (AvgIpc) is 3.18. The molecule has 0 bridgehead atoms. The normalized spacial score (nSPS) is 16.1. The molecule has 3 aromatic rings. The van der Waals surface area contributed by atoms with Crippen LogP contribution in [0.1, 0.15) is 21.6 Å². The van der Waals surface area contributed by atoms with Crippen LogP contribution in [0.5, 0.6) is 0 Å². The van der Waals surface area contributed by atoms with E-state index in [0.29, 0.717) is 18.8 Å². The number of nitrogens with zero attached hydrogens (tertiary/aromatic N) is 2. The molecule has 2 heterocycles. The van der Waals surface area contributed by atoms with Crippen molar-refractivity contribution in [3.8, 4) is 10.6 Å². The van der Waals surface area contributed by atoms with Gasteiger partial charge in [-0.05, 0) is 11.1 Å². The van der Waals surface area contributed by atoms with Gasteiger partial charge in [0.15, 0.2) is 0 Å². The summed E-state index contributed by atoms with van der Waals surface area (Å²) in [5.41, 5.74) is 4.08. The van der Waals surface area contributed by atoms with E-state index in [1.54, 1.807) is 4.90 Å². The van der Waals surface area contributed by atoms with Crippen molar-refractivity contribution in [2.75, 3.05) is 13.6 Å². The summed E-state index contributed by atoms with van der Waals surface area (Å²) < 4.78 is 5.92. The Kier molecular flexibility index (Phi) is 4.82. The first-order valence-corrected chi connectivity index (χ1v) is 9.53. The Labute approximate surface area is 157 Å². The van der Waals surface area contributed by atoms with E-state index >= 15 is 0 Å². The van der Waals surface area contributed by atoms with Crippen molar-refractivity contribution >= 4 is 17.2 Å². The molecule has 0 saturated heterocycles. The van der Waals surface area contributed by atoms with Crippen LogP contribution in [0.25, 0.3) is 10.6 Å². The van der Waals surface area contributed by atoms with Gasteiger partial charge in [-0.3, -0.25) is 4.79 Å². The van der Waals surface area contributed by atoms with Gasteiger partial charge in [-0.25, -0.2) is 4.98 Å². The van der Waals surface area contributed by atoms with Gasteiger partial charge in [0.2, 0.25) is 0 Å². The number of carbonyl (C=O) groups is 1. The van der Waals surface area contributed by atoms with E-state index in [9.17, 15) is 4.79 Å². The molecule has 1 atom stereocenters. The first kappa shape index (κ1) is 16.9. The second-order valence-corrected chi connectivity index (χ2v) is 7.35. The summed E-state index contributed by atoms with van der Waals surface area (Å²) in [6, 6.07) is 18.2. The van der Waals surface area contributed by atoms with Gasteiger partial charge in [-0.2, -0.15) is 0 Å². The van der Waals surface area contributed by atoms with Gasteiger partial charge in [0.25, 0.3) is 5.91 Å². The number of aromatic nitrogens is 1. The minimum atomic E-state index is -0.0640. The standard InChI is InChI=1S/C21H20N2O2S/c1-23(12-18-11-16-9-5-6-10-17(16)13-25-18)21(24)19-14-26-20(22-19)15-7-3-2-4-8-15/h2-10,14,18H,11-13H2,1H3. The monoisotopic (exact) mass is 364 g/mol. The molecule has 1 aliphatic rings. The summed E-state index contributed by atoms with van der Waals surface area (Å²) in [5, 5.41) is 2.70. The first-order chi connectivity index (χ1) is 12.7. The molecule has 5 heteroatoms. The smallest absolute Gasteiger partial charge is 0.273 e. The molecule has 132 valence electrons. The Morgan fingerprint density at radius 3 is 2.69 bits per heavy atom. The molecule has 0 fully saturated rings. The lowest BCUT2D eigenvalue weighted by Crippen LogP contribution is -2.38. The number of ether oxygens (including phenoxy) is 1. The molecule has 2 aromatic carbocycles. The van der Waals surface area contributed by atoms with Gasteiger partial charge < -0.3 is 9.64 Å². The summed E-state index contributed by atoms with van der Waals surface area (Å²) >= 11 is 1.50. The number of hydrogen-bond donors (Lipinski definition) is 0. The van der Waals surface area contributed by atoms with Crippen molar-refractivity contribution in [1.82, 2.24) is 9.88 Å². The molecule has 4 nitrogen and oxygen atoms in total. The predicted octanol–water partition coefficient (Wildman–Crippen LogP) is 4.02. The first-order valence-electron chi connectivity index (χ1n) is 8.65. The van der Waals surface area contributed by atoms with Gasteiger partial charge in [-0.15, -0.1) is 11.3 Å². The Morgan fingerprint density at radius 1 is 1.15 bits per heavy atom. The van der Waals surface area contributed by atoms with Crippen LogP contribution in [0.3, 0.4) is 0 Å². The van der Waals surface area contributed by atoms with Crippen molar-refractivity contribution < 1.29 is 9.53 Å². The number of thiazole rings is 1. The number of benzene rings is 2. The summed E-state index contributed by atoms with van der Waals surface area (Å²) in [4.78, 5) is 19.0. The van der Waals surface area contributed by atoms with E-state index in [4.69, 9.17) is 4.74 Å².